The van der Waals surface area contributed by atoms with Crippen molar-refractivity contribution in [3.8, 4) is 0 Å². The minimum atomic E-state index is -0.528. The van der Waals surface area contributed by atoms with Gasteiger partial charge < -0.3 is 9.64 Å². The van der Waals surface area contributed by atoms with Crippen LogP contribution in [0.25, 0.3) is 0 Å². The Balaban J connectivity index is 1.99. The average molecular weight is 306 g/mol. The molecule has 0 spiro atoms. The zero-order valence-electron chi connectivity index (χ0n) is 13.9. The highest BCUT2D eigenvalue weighted by molar-refractivity contribution is 5.83. The number of rotatable bonds is 3. The van der Waals surface area contributed by atoms with Gasteiger partial charge in [-0.15, -0.1) is 10.2 Å². The van der Waals surface area contributed by atoms with Crippen molar-refractivity contribution < 1.29 is 9.53 Å². The number of carbonyl (C=O) groups is 1. The number of ether oxygens (including phenoxy) is 1. The number of hydrogen-bond acceptors (Lipinski definition) is 5. The molecule has 1 aliphatic rings. The minimum Gasteiger partial charge on any atom is -0.444 e. The van der Waals surface area contributed by atoms with Gasteiger partial charge >= 0.3 is 6.09 Å². The second-order valence-electron chi connectivity index (χ2n) is 6.65. The molecule has 0 saturated carbocycles. The Hall–Kier alpha value is -1.85. The summed E-state index contributed by atoms with van der Waals surface area (Å²) in [5.41, 5.74) is -0.528. The molecule has 2 rings (SSSR count). The predicted octanol–water partition coefficient (Wildman–Crippen LogP) is 3.59. The number of carbonyl (C=O) groups excluding carboxylic acids is 1. The first kappa shape index (κ1) is 16.5. The smallest absolute Gasteiger partial charge is 0.413 e. The van der Waals surface area contributed by atoms with Gasteiger partial charge in [-0.2, -0.15) is 0 Å². The van der Waals surface area contributed by atoms with E-state index in [2.05, 4.69) is 27.3 Å². The zero-order valence-corrected chi connectivity index (χ0v) is 13.9. The van der Waals surface area contributed by atoms with E-state index in [1.165, 1.54) is 19.3 Å². The molecule has 1 atom stereocenters. The number of anilines is 2. The topological polar surface area (TPSA) is 67.4 Å². The highest BCUT2D eigenvalue weighted by atomic mass is 16.6. The van der Waals surface area contributed by atoms with Crippen molar-refractivity contribution in [2.24, 2.45) is 0 Å². The molecule has 122 valence electrons. The van der Waals surface area contributed by atoms with Crippen LogP contribution in [-0.2, 0) is 4.74 Å². The normalized spacial score (nSPS) is 18.9. The Morgan fingerprint density at radius 1 is 1.36 bits per heavy atom. The Kier molecular flexibility index (Phi) is 5.21. The molecule has 1 aliphatic heterocycles. The van der Waals surface area contributed by atoms with Gasteiger partial charge in [-0.05, 0) is 58.6 Å². The quantitative estimate of drug-likeness (QED) is 0.924. The number of amides is 1. The summed E-state index contributed by atoms with van der Waals surface area (Å²) in [5.74, 6) is 1.28. The molecular formula is C16H26N4O2. The molecule has 1 aromatic rings. The lowest BCUT2D eigenvalue weighted by molar-refractivity contribution is 0.0635. The van der Waals surface area contributed by atoms with Crippen LogP contribution in [-0.4, -0.2) is 34.5 Å². The van der Waals surface area contributed by atoms with Gasteiger partial charge in [0.05, 0.1) is 0 Å². The van der Waals surface area contributed by atoms with Crippen LogP contribution < -0.4 is 10.2 Å². The van der Waals surface area contributed by atoms with Gasteiger partial charge in [0.1, 0.15) is 5.60 Å². The predicted molar refractivity (Wildman–Crippen MR) is 87.2 cm³/mol. The summed E-state index contributed by atoms with van der Waals surface area (Å²) >= 11 is 0. The maximum absolute atomic E-state index is 11.7. The van der Waals surface area contributed by atoms with Gasteiger partial charge in [-0.25, -0.2) is 4.79 Å². The first-order valence-corrected chi connectivity index (χ1v) is 7.99. The first-order chi connectivity index (χ1) is 10.4. The van der Waals surface area contributed by atoms with Crippen LogP contribution in [0.5, 0.6) is 0 Å². The van der Waals surface area contributed by atoms with Crippen molar-refractivity contribution in [1.82, 2.24) is 10.2 Å². The average Bonchev–Trinajstić information content (AvgIpc) is 2.46. The molecule has 0 aromatic carbocycles. The van der Waals surface area contributed by atoms with Crippen LogP contribution in [0, 0.1) is 0 Å². The molecule has 1 fully saturated rings. The van der Waals surface area contributed by atoms with E-state index in [0.29, 0.717) is 11.9 Å². The summed E-state index contributed by atoms with van der Waals surface area (Å²) in [6.07, 6.45) is 4.27. The van der Waals surface area contributed by atoms with Crippen LogP contribution in [0.2, 0.25) is 0 Å². The lowest BCUT2D eigenvalue weighted by Gasteiger charge is -2.35. The Morgan fingerprint density at radius 3 is 2.73 bits per heavy atom. The maximum atomic E-state index is 11.7. The van der Waals surface area contributed by atoms with Crippen LogP contribution in [0.4, 0.5) is 16.4 Å². The molecule has 1 unspecified atom stereocenters. The lowest BCUT2D eigenvalue weighted by atomic mass is 10.0. The summed E-state index contributed by atoms with van der Waals surface area (Å²) < 4.78 is 5.19. The maximum Gasteiger partial charge on any atom is 0.413 e. The molecule has 0 bridgehead atoms. The van der Waals surface area contributed by atoms with Crippen molar-refractivity contribution >= 4 is 17.7 Å². The number of aromatic nitrogens is 2. The molecule has 1 N–H and O–H groups in total. The Morgan fingerprint density at radius 2 is 2.14 bits per heavy atom. The standard InChI is InChI=1S/C16H26N4O2/c1-5-12-8-6-7-11-20(12)14-10-9-13(18-19-14)17-15(21)22-16(2,3)4/h9-10,12H,5-8,11H2,1-4H3,(H,17,18,21). The van der Waals surface area contributed by atoms with Crippen molar-refractivity contribution in [1.29, 1.82) is 0 Å². The third-order valence-corrected chi connectivity index (χ3v) is 3.67. The van der Waals surface area contributed by atoms with Crippen LogP contribution >= 0.6 is 0 Å². The minimum absolute atomic E-state index is 0.406. The summed E-state index contributed by atoms with van der Waals surface area (Å²) in [5, 5.41) is 10.9. The van der Waals surface area contributed by atoms with E-state index in [9.17, 15) is 4.79 Å². The molecule has 2 heterocycles. The van der Waals surface area contributed by atoms with E-state index < -0.39 is 11.7 Å². The summed E-state index contributed by atoms with van der Waals surface area (Å²) in [6, 6.07) is 4.22. The molecule has 6 nitrogen and oxygen atoms in total. The van der Waals surface area contributed by atoms with Crippen molar-refractivity contribution in [2.75, 3.05) is 16.8 Å². The second kappa shape index (κ2) is 6.94. The van der Waals surface area contributed by atoms with Crippen molar-refractivity contribution in [2.45, 2.75) is 65.0 Å². The largest absolute Gasteiger partial charge is 0.444 e. The number of piperidine rings is 1. The van der Waals surface area contributed by atoms with Gasteiger partial charge in [0, 0.05) is 12.6 Å². The highest BCUT2D eigenvalue weighted by Gasteiger charge is 2.22. The fourth-order valence-corrected chi connectivity index (χ4v) is 2.68. The van der Waals surface area contributed by atoms with E-state index in [1.807, 2.05) is 26.8 Å². The highest BCUT2D eigenvalue weighted by Crippen LogP contribution is 2.24. The third kappa shape index (κ3) is 4.58. The summed E-state index contributed by atoms with van der Waals surface area (Å²) in [7, 11) is 0. The van der Waals surface area contributed by atoms with E-state index >= 15 is 0 Å². The second-order valence-corrected chi connectivity index (χ2v) is 6.65. The monoisotopic (exact) mass is 306 g/mol. The summed E-state index contributed by atoms with van der Waals surface area (Å²) in [6.45, 7) is 8.69. The third-order valence-electron chi connectivity index (χ3n) is 3.67. The molecule has 6 heteroatoms. The van der Waals surface area contributed by atoms with Gasteiger partial charge in [0.15, 0.2) is 11.6 Å². The van der Waals surface area contributed by atoms with E-state index in [-0.39, 0.29) is 0 Å². The first-order valence-electron chi connectivity index (χ1n) is 7.99. The lowest BCUT2D eigenvalue weighted by Crippen LogP contribution is -2.39. The Bertz CT molecular complexity index is 496. The molecule has 22 heavy (non-hydrogen) atoms. The summed E-state index contributed by atoms with van der Waals surface area (Å²) in [4.78, 5) is 14.0. The van der Waals surface area contributed by atoms with E-state index in [0.717, 1.165) is 18.8 Å². The molecule has 0 radical (unpaired) electrons. The van der Waals surface area contributed by atoms with E-state index in [1.54, 1.807) is 6.07 Å². The number of nitrogens with zero attached hydrogens (tertiary/aromatic N) is 3. The fourth-order valence-electron chi connectivity index (χ4n) is 2.68. The van der Waals surface area contributed by atoms with Crippen LogP contribution in [0.1, 0.15) is 53.4 Å². The van der Waals surface area contributed by atoms with Crippen molar-refractivity contribution in [3.63, 3.8) is 0 Å². The number of hydrogen-bond donors (Lipinski definition) is 1. The van der Waals surface area contributed by atoms with Gasteiger partial charge in [-0.3, -0.25) is 5.32 Å². The molecule has 1 saturated heterocycles. The Labute approximate surface area is 132 Å². The van der Waals surface area contributed by atoms with Gasteiger partial charge in [0.25, 0.3) is 0 Å². The fraction of sp³-hybridized carbons (Fsp3) is 0.688. The molecule has 1 amide bonds. The van der Waals surface area contributed by atoms with Crippen molar-refractivity contribution in [3.05, 3.63) is 12.1 Å². The van der Waals surface area contributed by atoms with Gasteiger partial charge in [0.2, 0.25) is 0 Å². The zero-order chi connectivity index (χ0) is 16.2. The van der Waals surface area contributed by atoms with Gasteiger partial charge in [-0.1, -0.05) is 6.92 Å². The SMILES string of the molecule is CCC1CCCCN1c1ccc(NC(=O)OC(C)(C)C)nn1. The van der Waals surface area contributed by atoms with Crippen LogP contribution in [0.3, 0.4) is 0 Å². The van der Waals surface area contributed by atoms with E-state index in [4.69, 9.17) is 4.74 Å². The number of nitrogens with one attached hydrogen (secondary N) is 1. The molecule has 1 aromatic heterocycles. The van der Waals surface area contributed by atoms with Crippen LogP contribution in [0.15, 0.2) is 12.1 Å². The molecule has 0 aliphatic carbocycles. The molecular weight excluding hydrogens is 280 g/mol.